The van der Waals surface area contributed by atoms with Crippen molar-refractivity contribution < 1.29 is 0 Å². The second-order valence-electron chi connectivity index (χ2n) is 4.13. The monoisotopic (exact) mass is 248 g/mol. The standard InChI is InChI=1S/C15H12N4/c1-11-5-6-14(9-17)15(19-11)18-10-13-4-2-3-12(7-13)8-16/h2-7H,10H2,1H3,(H,18,19). The molecule has 2 rings (SSSR count). The molecule has 2 aromatic rings. The highest BCUT2D eigenvalue weighted by atomic mass is 15.0. The molecule has 92 valence electrons. The van der Waals surface area contributed by atoms with E-state index in [0.29, 0.717) is 23.5 Å². The van der Waals surface area contributed by atoms with Crippen LogP contribution in [0.1, 0.15) is 22.4 Å². The summed E-state index contributed by atoms with van der Waals surface area (Å²) in [6, 6.07) is 15.1. The van der Waals surface area contributed by atoms with Crippen LogP contribution in [0.2, 0.25) is 0 Å². The Kier molecular flexibility index (Phi) is 3.75. The number of nitriles is 2. The lowest BCUT2D eigenvalue weighted by atomic mass is 10.1. The number of nitrogens with zero attached hydrogens (tertiary/aromatic N) is 3. The Morgan fingerprint density at radius 1 is 1.16 bits per heavy atom. The van der Waals surface area contributed by atoms with Crippen molar-refractivity contribution in [3.05, 3.63) is 58.8 Å². The predicted octanol–water partition coefficient (Wildman–Crippen LogP) is 2.75. The third-order valence-electron chi connectivity index (χ3n) is 2.67. The summed E-state index contributed by atoms with van der Waals surface area (Å²) in [4.78, 5) is 4.30. The lowest BCUT2D eigenvalue weighted by Gasteiger charge is -2.08. The Morgan fingerprint density at radius 2 is 2.00 bits per heavy atom. The fourth-order valence-electron chi connectivity index (χ4n) is 1.72. The van der Waals surface area contributed by atoms with E-state index in [2.05, 4.69) is 22.4 Å². The summed E-state index contributed by atoms with van der Waals surface area (Å²) in [6.45, 7) is 2.41. The lowest BCUT2D eigenvalue weighted by molar-refractivity contribution is 1.08. The molecule has 0 aliphatic carbocycles. The van der Waals surface area contributed by atoms with Gasteiger partial charge >= 0.3 is 0 Å². The zero-order chi connectivity index (χ0) is 13.7. The van der Waals surface area contributed by atoms with Gasteiger partial charge in [0.2, 0.25) is 0 Å². The van der Waals surface area contributed by atoms with Crippen molar-refractivity contribution in [1.29, 1.82) is 10.5 Å². The third kappa shape index (κ3) is 3.08. The maximum atomic E-state index is 9.02. The van der Waals surface area contributed by atoms with Crippen molar-refractivity contribution in [1.82, 2.24) is 4.98 Å². The van der Waals surface area contributed by atoms with Crippen molar-refractivity contribution in [2.75, 3.05) is 5.32 Å². The zero-order valence-corrected chi connectivity index (χ0v) is 10.5. The molecule has 1 aromatic heterocycles. The normalized spacial score (nSPS) is 9.42. The van der Waals surface area contributed by atoms with Gasteiger partial charge in [0.05, 0.1) is 17.2 Å². The van der Waals surface area contributed by atoms with E-state index in [4.69, 9.17) is 10.5 Å². The molecule has 0 fully saturated rings. The maximum absolute atomic E-state index is 9.02. The molecule has 4 heteroatoms. The molecule has 0 atom stereocenters. The minimum absolute atomic E-state index is 0.516. The van der Waals surface area contributed by atoms with Crippen LogP contribution in [0.4, 0.5) is 5.82 Å². The average Bonchev–Trinajstić information content (AvgIpc) is 2.45. The Balaban J connectivity index is 2.17. The van der Waals surface area contributed by atoms with Crippen LogP contribution >= 0.6 is 0 Å². The van der Waals surface area contributed by atoms with E-state index in [9.17, 15) is 0 Å². The third-order valence-corrected chi connectivity index (χ3v) is 2.67. The molecule has 1 aromatic carbocycles. The fourth-order valence-corrected chi connectivity index (χ4v) is 1.72. The number of anilines is 1. The van der Waals surface area contributed by atoms with E-state index in [1.807, 2.05) is 25.1 Å². The van der Waals surface area contributed by atoms with Gasteiger partial charge in [-0.05, 0) is 36.8 Å². The molecule has 19 heavy (non-hydrogen) atoms. The molecule has 0 saturated carbocycles. The summed E-state index contributed by atoms with van der Waals surface area (Å²) in [5, 5.41) is 21.0. The van der Waals surface area contributed by atoms with Crippen LogP contribution in [-0.4, -0.2) is 4.98 Å². The first-order valence-corrected chi connectivity index (χ1v) is 5.83. The number of rotatable bonds is 3. The van der Waals surface area contributed by atoms with Crippen molar-refractivity contribution in [3.63, 3.8) is 0 Å². The van der Waals surface area contributed by atoms with Gasteiger partial charge < -0.3 is 5.32 Å². The molecule has 0 bridgehead atoms. The Hall–Kier alpha value is -2.85. The minimum atomic E-state index is 0.516. The smallest absolute Gasteiger partial charge is 0.144 e. The highest BCUT2D eigenvalue weighted by Crippen LogP contribution is 2.14. The average molecular weight is 248 g/mol. The second kappa shape index (κ2) is 5.66. The predicted molar refractivity (Wildman–Crippen MR) is 72.2 cm³/mol. The van der Waals surface area contributed by atoms with Gasteiger partial charge in [0.25, 0.3) is 0 Å². The van der Waals surface area contributed by atoms with Gasteiger partial charge in [-0.3, -0.25) is 0 Å². The maximum Gasteiger partial charge on any atom is 0.144 e. The van der Waals surface area contributed by atoms with Crippen molar-refractivity contribution in [2.45, 2.75) is 13.5 Å². The summed E-state index contributed by atoms with van der Waals surface area (Å²) in [6.07, 6.45) is 0. The summed E-state index contributed by atoms with van der Waals surface area (Å²) in [5.74, 6) is 0.574. The quantitative estimate of drug-likeness (QED) is 0.906. The number of benzene rings is 1. The van der Waals surface area contributed by atoms with Crippen LogP contribution in [0.3, 0.4) is 0 Å². The lowest BCUT2D eigenvalue weighted by Crippen LogP contribution is -2.04. The number of hydrogen-bond donors (Lipinski definition) is 1. The first-order chi connectivity index (χ1) is 9.22. The van der Waals surface area contributed by atoms with Crippen LogP contribution in [0.5, 0.6) is 0 Å². The molecule has 0 spiro atoms. The van der Waals surface area contributed by atoms with E-state index >= 15 is 0 Å². The van der Waals surface area contributed by atoms with Crippen molar-refractivity contribution >= 4 is 5.82 Å². The Bertz CT molecular complexity index is 677. The van der Waals surface area contributed by atoms with Crippen LogP contribution < -0.4 is 5.32 Å². The molecule has 1 N–H and O–H groups in total. The molecule has 0 unspecified atom stereocenters. The van der Waals surface area contributed by atoms with Crippen LogP contribution in [0.25, 0.3) is 0 Å². The molecule has 0 saturated heterocycles. The molecule has 0 aliphatic heterocycles. The highest BCUT2D eigenvalue weighted by Gasteiger charge is 2.04. The minimum Gasteiger partial charge on any atom is -0.365 e. The molecular formula is C15H12N4. The van der Waals surface area contributed by atoms with Gasteiger partial charge in [0.1, 0.15) is 11.9 Å². The molecule has 0 amide bonds. The summed E-state index contributed by atoms with van der Waals surface area (Å²) < 4.78 is 0. The van der Waals surface area contributed by atoms with E-state index in [1.54, 1.807) is 18.2 Å². The Morgan fingerprint density at radius 3 is 2.74 bits per heavy atom. The molecule has 1 heterocycles. The van der Waals surface area contributed by atoms with Gasteiger partial charge in [-0.15, -0.1) is 0 Å². The largest absolute Gasteiger partial charge is 0.365 e. The molecule has 0 aliphatic rings. The van der Waals surface area contributed by atoms with Gasteiger partial charge in [-0.1, -0.05) is 12.1 Å². The van der Waals surface area contributed by atoms with Gasteiger partial charge in [-0.2, -0.15) is 10.5 Å². The van der Waals surface area contributed by atoms with Gasteiger partial charge in [0.15, 0.2) is 0 Å². The fraction of sp³-hybridized carbons (Fsp3) is 0.133. The highest BCUT2D eigenvalue weighted by molar-refractivity contribution is 5.52. The number of aryl methyl sites for hydroxylation is 1. The van der Waals surface area contributed by atoms with Crippen LogP contribution in [0, 0.1) is 29.6 Å². The number of hydrogen-bond acceptors (Lipinski definition) is 4. The summed E-state index contributed by atoms with van der Waals surface area (Å²) >= 11 is 0. The van der Waals surface area contributed by atoms with E-state index in [0.717, 1.165) is 11.3 Å². The van der Waals surface area contributed by atoms with E-state index < -0.39 is 0 Å². The second-order valence-corrected chi connectivity index (χ2v) is 4.13. The number of aromatic nitrogens is 1. The first kappa shape index (κ1) is 12.6. The molecule has 0 radical (unpaired) electrons. The van der Waals surface area contributed by atoms with Gasteiger partial charge in [-0.25, -0.2) is 4.98 Å². The van der Waals surface area contributed by atoms with Crippen LogP contribution in [-0.2, 0) is 6.54 Å². The summed E-state index contributed by atoms with van der Waals surface area (Å²) in [7, 11) is 0. The number of nitrogens with one attached hydrogen (secondary N) is 1. The Labute approximate surface area is 112 Å². The molecular weight excluding hydrogens is 236 g/mol. The topological polar surface area (TPSA) is 72.5 Å². The first-order valence-electron chi connectivity index (χ1n) is 5.83. The van der Waals surface area contributed by atoms with E-state index in [-0.39, 0.29) is 0 Å². The van der Waals surface area contributed by atoms with Crippen molar-refractivity contribution in [3.8, 4) is 12.1 Å². The van der Waals surface area contributed by atoms with E-state index in [1.165, 1.54) is 0 Å². The summed E-state index contributed by atoms with van der Waals surface area (Å²) in [5.41, 5.74) is 2.97. The SMILES string of the molecule is Cc1ccc(C#N)c(NCc2cccc(C#N)c2)n1. The molecule has 4 nitrogen and oxygen atoms in total. The zero-order valence-electron chi connectivity index (χ0n) is 10.5. The van der Waals surface area contributed by atoms with Crippen molar-refractivity contribution in [2.24, 2.45) is 0 Å². The number of pyridine rings is 1. The van der Waals surface area contributed by atoms with Gasteiger partial charge in [0, 0.05) is 12.2 Å². The van der Waals surface area contributed by atoms with Crippen LogP contribution in [0.15, 0.2) is 36.4 Å².